The van der Waals surface area contributed by atoms with Crippen LogP contribution in [0.25, 0.3) is 0 Å². The smallest absolute Gasteiger partial charge is 0.417 e. The Labute approximate surface area is 151 Å². The highest BCUT2D eigenvalue weighted by Crippen LogP contribution is 2.29. The summed E-state index contributed by atoms with van der Waals surface area (Å²) in [5.41, 5.74) is -0.569. The first kappa shape index (κ1) is 19.8. The van der Waals surface area contributed by atoms with Crippen molar-refractivity contribution < 1.29 is 31.9 Å². The van der Waals surface area contributed by atoms with Gasteiger partial charge in [0.1, 0.15) is 17.1 Å². The summed E-state index contributed by atoms with van der Waals surface area (Å²) in [5, 5.41) is 2.89. The van der Waals surface area contributed by atoms with Gasteiger partial charge in [-0.15, -0.1) is 0 Å². The predicted molar refractivity (Wildman–Crippen MR) is 86.6 cm³/mol. The largest absolute Gasteiger partial charge is 0.465 e. The second kappa shape index (κ2) is 8.26. The molecule has 2 aromatic rings. The SMILES string of the molecule is COC(=O)c1cc(CNC(=O)CSc2ccc(C(F)(F)F)cn2)oc1C. The normalized spacial score (nSPS) is 11.3. The van der Waals surface area contributed by atoms with Crippen LogP contribution in [0.5, 0.6) is 0 Å². The molecule has 0 saturated carbocycles. The Balaban J connectivity index is 1.83. The number of furan rings is 1. The minimum atomic E-state index is -4.45. The number of alkyl halides is 3. The van der Waals surface area contributed by atoms with Gasteiger partial charge in [0.25, 0.3) is 0 Å². The Morgan fingerprint density at radius 2 is 2.08 bits per heavy atom. The Bertz CT molecular complexity index is 788. The van der Waals surface area contributed by atoms with Gasteiger partial charge in [-0.2, -0.15) is 13.2 Å². The molecule has 0 saturated heterocycles. The van der Waals surface area contributed by atoms with Crippen LogP contribution >= 0.6 is 11.8 Å². The first-order valence-electron chi connectivity index (χ1n) is 7.31. The van der Waals surface area contributed by atoms with E-state index in [0.717, 1.165) is 24.0 Å². The minimum absolute atomic E-state index is 0.0259. The highest BCUT2D eigenvalue weighted by molar-refractivity contribution is 7.99. The fraction of sp³-hybridized carbons (Fsp3) is 0.312. The highest BCUT2D eigenvalue weighted by atomic mass is 32.2. The summed E-state index contributed by atoms with van der Waals surface area (Å²) in [6.45, 7) is 1.67. The van der Waals surface area contributed by atoms with Crippen molar-refractivity contribution >= 4 is 23.6 Å². The molecule has 0 unspecified atom stereocenters. The second-order valence-corrected chi connectivity index (χ2v) is 6.12. The summed E-state index contributed by atoms with van der Waals surface area (Å²) in [6.07, 6.45) is -3.72. The number of aromatic nitrogens is 1. The van der Waals surface area contributed by atoms with Gasteiger partial charge in [0.2, 0.25) is 5.91 Å². The molecule has 1 amide bonds. The molecule has 0 bridgehead atoms. The predicted octanol–water partition coefficient (Wildman–Crippen LogP) is 3.20. The number of nitrogens with one attached hydrogen (secondary N) is 1. The zero-order valence-corrected chi connectivity index (χ0v) is 14.7. The van der Waals surface area contributed by atoms with Gasteiger partial charge in [0.15, 0.2) is 0 Å². The van der Waals surface area contributed by atoms with Crippen LogP contribution in [0, 0.1) is 6.92 Å². The van der Waals surface area contributed by atoms with Crippen LogP contribution in [0.1, 0.15) is 27.4 Å². The zero-order valence-electron chi connectivity index (χ0n) is 13.8. The molecule has 0 aliphatic rings. The number of halogens is 3. The van der Waals surface area contributed by atoms with Crippen molar-refractivity contribution in [1.29, 1.82) is 0 Å². The highest BCUT2D eigenvalue weighted by Gasteiger charge is 2.30. The third-order valence-corrected chi connectivity index (χ3v) is 4.19. The maximum atomic E-state index is 12.4. The quantitative estimate of drug-likeness (QED) is 0.605. The standard InChI is InChI=1S/C16H15F3N2O4S/c1-9-12(15(23)24-2)5-11(25-9)7-20-13(22)8-26-14-4-3-10(6-21-14)16(17,18)19/h3-6H,7-8H2,1-2H3,(H,20,22). The van der Waals surface area contributed by atoms with Crippen molar-refractivity contribution in [3.8, 4) is 0 Å². The molecular formula is C16H15F3N2O4S. The molecule has 1 N–H and O–H groups in total. The third-order valence-electron chi connectivity index (χ3n) is 3.25. The summed E-state index contributed by atoms with van der Waals surface area (Å²) in [7, 11) is 1.25. The van der Waals surface area contributed by atoms with E-state index in [4.69, 9.17) is 4.42 Å². The number of esters is 1. The van der Waals surface area contributed by atoms with Crippen molar-refractivity contribution in [1.82, 2.24) is 10.3 Å². The summed E-state index contributed by atoms with van der Waals surface area (Å²) < 4.78 is 47.3. The molecule has 10 heteroatoms. The molecule has 0 aliphatic heterocycles. The van der Waals surface area contributed by atoms with E-state index in [-0.39, 0.29) is 23.8 Å². The van der Waals surface area contributed by atoms with Crippen LogP contribution in [-0.4, -0.2) is 29.7 Å². The molecule has 2 rings (SSSR count). The Morgan fingerprint density at radius 1 is 1.35 bits per heavy atom. The lowest BCUT2D eigenvalue weighted by Crippen LogP contribution is -2.24. The summed E-state index contributed by atoms with van der Waals surface area (Å²) >= 11 is 1.00. The molecule has 0 radical (unpaired) electrons. The Hall–Kier alpha value is -2.49. The molecule has 2 aromatic heterocycles. The lowest BCUT2D eigenvalue weighted by molar-refractivity contribution is -0.137. The van der Waals surface area contributed by atoms with E-state index in [9.17, 15) is 22.8 Å². The molecule has 0 aliphatic carbocycles. The number of thioether (sulfide) groups is 1. The van der Waals surface area contributed by atoms with Crippen LogP contribution in [-0.2, 0) is 22.3 Å². The monoisotopic (exact) mass is 388 g/mol. The summed E-state index contributed by atoms with van der Waals surface area (Å²) in [6, 6.07) is 3.60. The van der Waals surface area contributed by atoms with Crippen molar-refractivity contribution in [3.05, 3.63) is 47.0 Å². The molecule has 0 spiro atoms. The van der Waals surface area contributed by atoms with Gasteiger partial charge in [0.05, 0.1) is 30.0 Å². The van der Waals surface area contributed by atoms with Crippen molar-refractivity contribution in [2.24, 2.45) is 0 Å². The second-order valence-electron chi connectivity index (χ2n) is 5.12. The summed E-state index contributed by atoms with van der Waals surface area (Å²) in [4.78, 5) is 27.0. The van der Waals surface area contributed by atoms with Crippen molar-refractivity contribution in [2.45, 2.75) is 24.7 Å². The number of methoxy groups -OCH3 is 1. The molecule has 0 aromatic carbocycles. The number of nitrogens with zero attached hydrogens (tertiary/aromatic N) is 1. The zero-order chi connectivity index (χ0) is 19.3. The Kier molecular flexibility index (Phi) is 6.30. The third kappa shape index (κ3) is 5.25. The van der Waals surface area contributed by atoms with E-state index < -0.39 is 17.7 Å². The molecule has 6 nitrogen and oxygen atoms in total. The van der Waals surface area contributed by atoms with E-state index in [1.54, 1.807) is 6.92 Å². The number of carbonyl (C=O) groups is 2. The molecule has 0 fully saturated rings. The number of hydrogen-bond donors (Lipinski definition) is 1. The van der Waals surface area contributed by atoms with Gasteiger partial charge in [-0.05, 0) is 25.1 Å². The van der Waals surface area contributed by atoms with E-state index in [2.05, 4.69) is 15.0 Å². The lowest BCUT2D eigenvalue weighted by atomic mass is 10.2. The van der Waals surface area contributed by atoms with Crippen LogP contribution in [0.3, 0.4) is 0 Å². The molecule has 0 atom stereocenters. The van der Waals surface area contributed by atoms with Gasteiger partial charge in [-0.3, -0.25) is 4.79 Å². The van der Waals surface area contributed by atoms with Gasteiger partial charge in [0, 0.05) is 6.20 Å². The fourth-order valence-corrected chi connectivity index (χ4v) is 2.63. The number of carbonyl (C=O) groups excluding carboxylic acids is 2. The average Bonchev–Trinajstić information content (AvgIpc) is 2.98. The van der Waals surface area contributed by atoms with E-state index >= 15 is 0 Å². The average molecular weight is 388 g/mol. The van der Waals surface area contributed by atoms with E-state index in [1.165, 1.54) is 19.2 Å². The van der Waals surface area contributed by atoms with Crippen LogP contribution in [0.4, 0.5) is 13.2 Å². The number of amides is 1. The number of hydrogen-bond acceptors (Lipinski definition) is 6. The van der Waals surface area contributed by atoms with E-state index in [1.807, 2.05) is 0 Å². The van der Waals surface area contributed by atoms with Crippen molar-refractivity contribution in [3.63, 3.8) is 0 Å². The van der Waals surface area contributed by atoms with Gasteiger partial charge >= 0.3 is 12.1 Å². The first-order valence-corrected chi connectivity index (χ1v) is 8.29. The molecule has 140 valence electrons. The summed E-state index contributed by atoms with van der Waals surface area (Å²) in [5.74, 6) is -0.154. The molecule has 2 heterocycles. The maximum absolute atomic E-state index is 12.4. The Morgan fingerprint density at radius 3 is 2.65 bits per heavy atom. The first-order chi connectivity index (χ1) is 12.2. The van der Waals surface area contributed by atoms with Gasteiger partial charge in [-0.1, -0.05) is 11.8 Å². The minimum Gasteiger partial charge on any atom is -0.465 e. The molecule has 26 heavy (non-hydrogen) atoms. The fourth-order valence-electron chi connectivity index (χ4n) is 1.95. The van der Waals surface area contributed by atoms with Crippen molar-refractivity contribution in [2.75, 3.05) is 12.9 Å². The number of rotatable bonds is 6. The maximum Gasteiger partial charge on any atom is 0.417 e. The number of pyridine rings is 1. The lowest BCUT2D eigenvalue weighted by Gasteiger charge is -2.06. The van der Waals surface area contributed by atoms with E-state index in [0.29, 0.717) is 16.5 Å². The van der Waals surface area contributed by atoms with Crippen LogP contribution in [0.2, 0.25) is 0 Å². The van der Waals surface area contributed by atoms with Gasteiger partial charge in [-0.25, -0.2) is 9.78 Å². The van der Waals surface area contributed by atoms with Crippen LogP contribution in [0.15, 0.2) is 33.8 Å². The number of ether oxygens (including phenoxy) is 1. The topological polar surface area (TPSA) is 81.4 Å². The number of aryl methyl sites for hydroxylation is 1. The molecular weight excluding hydrogens is 373 g/mol. The van der Waals surface area contributed by atoms with Gasteiger partial charge < -0.3 is 14.5 Å². The van der Waals surface area contributed by atoms with Crippen LogP contribution < -0.4 is 5.32 Å².